The first-order valence-electron chi connectivity index (χ1n) is 11.4. The monoisotopic (exact) mass is 492 g/mol. The summed E-state index contributed by atoms with van der Waals surface area (Å²) in [6.07, 6.45) is 0.462. The Bertz CT molecular complexity index is 930. The summed E-state index contributed by atoms with van der Waals surface area (Å²) in [5.74, 6) is 0.842. The molecular formula is C26H34Cl2N2O3. The molecule has 0 aliphatic carbocycles. The fourth-order valence-corrected chi connectivity index (χ4v) is 3.82. The molecule has 0 radical (unpaired) electrons. The summed E-state index contributed by atoms with van der Waals surface area (Å²) in [5, 5.41) is 3.90. The van der Waals surface area contributed by atoms with Gasteiger partial charge in [0, 0.05) is 23.1 Å². The smallest absolute Gasteiger partial charge is 0.261 e. The van der Waals surface area contributed by atoms with Gasteiger partial charge in [0.15, 0.2) is 6.61 Å². The summed E-state index contributed by atoms with van der Waals surface area (Å²) in [5.41, 5.74) is 1.91. The van der Waals surface area contributed by atoms with E-state index in [0.29, 0.717) is 46.2 Å². The summed E-state index contributed by atoms with van der Waals surface area (Å²) in [4.78, 5) is 27.7. The summed E-state index contributed by atoms with van der Waals surface area (Å²) >= 11 is 12.4. The van der Waals surface area contributed by atoms with E-state index in [0.717, 1.165) is 0 Å². The van der Waals surface area contributed by atoms with E-state index < -0.39 is 6.04 Å². The largest absolute Gasteiger partial charge is 0.484 e. The van der Waals surface area contributed by atoms with Crippen LogP contribution >= 0.6 is 23.2 Å². The molecule has 5 nitrogen and oxygen atoms in total. The van der Waals surface area contributed by atoms with Crippen molar-refractivity contribution >= 4 is 35.0 Å². The molecule has 0 heterocycles. The number of carbonyl (C=O) groups excluding carboxylic acids is 2. The molecule has 0 aliphatic heterocycles. The Morgan fingerprint density at radius 3 is 2.24 bits per heavy atom. The Morgan fingerprint density at radius 1 is 1.03 bits per heavy atom. The predicted molar refractivity (Wildman–Crippen MR) is 135 cm³/mol. The van der Waals surface area contributed by atoms with Crippen LogP contribution in [-0.2, 0) is 16.1 Å². The molecule has 2 aromatic carbocycles. The number of nitrogens with zero attached hydrogens (tertiary/aromatic N) is 1. The average Bonchev–Trinajstić information content (AvgIpc) is 2.77. The summed E-state index contributed by atoms with van der Waals surface area (Å²) in [6, 6.07) is 12.2. The SMILES string of the molecule is CC[C@H](C(=O)NCC(C)C)N(Cc1ccc(Cl)cc1Cl)C(=O)COc1ccc(C(C)C)cc1. The van der Waals surface area contributed by atoms with Crippen molar-refractivity contribution in [1.82, 2.24) is 10.2 Å². The maximum Gasteiger partial charge on any atom is 0.261 e. The molecule has 180 valence electrons. The van der Waals surface area contributed by atoms with Crippen LogP contribution in [0.15, 0.2) is 42.5 Å². The van der Waals surface area contributed by atoms with Crippen molar-refractivity contribution in [2.24, 2.45) is 5.92 Å². The van der Waals surface area contributed by atoms with Crippen molar-refractivity contribution in [2.45, 2.75) is 59.5 Å². The fraction of sp³-hybridized carbons (Fsp3) is 0.462. The van der Waals surface area contributed by atoms with Crippen molar-refractivity contribution in [3.05, 3.63) is 63.6 Å². The third-order valence-corrected chi connectivity index (χ3v) is 5.92. The zero-order valence-corrected chi connectivity index (χ0v) is 21.5. The molecule has 0 spiro atoms. The van der Waals surface area contributed by atoms with Gasteiger partial charge in [0.2, 0.25) is 5.91 Å². The fourth-order valence-electron chi connectivity index (χ4n) is 3.35. The molecule has 0 aromatic heterocycles. The number of benzene rings is 2. The lowest BCUT2D eigenvalue weighted by molar-refractivity contribution is -0.143. The van der Waals surface area contributed by atoms with Crippen LogP contribution in [0.25, 0.3) is 0 Å². The molecule has 0 aliphatic rings. The number of amides is 2. The summed E-state index contributed by atoms with van der Waals surface area (Å²) < 4.78 is 5.77. The summed E-state index contributed by atoms with van der Waals surface area (Å²) in [7, 11) is 0. The van der Waals surface area contributed by atoms with Crippen molar-refractivity contribution in [3.63, 3.8) is 0 Å². The lowest BCUT2D eigenvalue weighted by Crippen LogP contribution is -2.50. The highest BCUT2D eigenvalue weighted by molar-refractivity contribution is 6.35. The molecule has 0 saturated heterocycles. The van der Waals surface area contributed by atoms with Crippen molar-refractivity contribution in [2.75, 3.05) is 13.2 Å². The maximum atomic E-state index is 13.3. The normalized spacial score (nSPS) is 12.0. The van der Waals surface area contributed by atoms with Gasteiger partial charge in [-0.15, -0.1) is 0 Å². The van der Waals surface area contributed by atoms with Crippen molar-refractivity contribution in [1.29, 1.82) is 0 Å². The first-order valence-corrected chi connectivity index (χ1v) is 12.1. The minimum atomic E-state index is -0.644. The molecule has 0 unspecified atom stereocenters. The van der Waals surface area contributed by atoms with Crippen LogP contribution in [0.3, 0.4) is 0 Å². The second kappa shape index (κ2) is 12.9. The second-order valence-corrected chi connectivity index (χ2v) is 9.68. The van der Waals surface area contributed by atoms with Crippen LogP contribution in [0, 0.1) is 5.92 Å². The molecule has 0 fully saturated rings. The molecule has 1 atom stereocenters. The number of nitrogens with one attached hydrogen (secondary N) is 1. The molecule has 2 rings (SSSR count). The first kappa shape index (κ1) is 27.0. The van der Waals surface area contributed by atoms with Gasteiger partial charge in [-0.05, 0) is 53.6 Å². The zero-order chi connectivity index (χ0) is 24.5. The number of hydrogen-bond donors (Lipinski definition) is 1. The summed E-state index contributed by atoms with van der Waals surface area (Å²) in [6.45, 7) is 10.7. The van der Waals surface area contributed by atoms with E-state index >= 15 is 0 Å². The zero-order valence-electron chi connectivity index (χ0n) is 20.0. The van der Waals surface area contributed by atoms with E-state index in [1.54, 1.807) is 18.2 Å². The first-order chi connectivity index (χ1) is 15.6. The van der Waals surface area contributed by atoms with Gasteiger partial charge in [-0.2, -0.15) is 0 Å². The van der Waals surface area contributed by atoms with Crippen LogP contribution in [0.2, 0.25) is 10.0 Å². The molecule has 0 bridgehead atoms. The van der Waals surface area contributed by atoms with Gasteiger partial charge in [-0.3, -0.25) is 9.59 Å². The molecular weight excluding hydrogens is 459 g/mol. The van der Waals surface area contributed by atoms with E-state index in [1.165, 1.54) is 10.5 Å². The average molecular weight is 493 g/mol. The Morgan fingerprint density at radius 2 is 1.70 bits per heavy atom. The number of rotatable bonds is 11. The van der Waals surface area contributed by atoms with E-state index in [2.05, 4.69) is 19.2 Å². The van der Waals surface area contributed by atoms with E-state index in [-0.39, 0.29) is 25.0 Å². The number of hydrogen-bond acceptors (Lipinski definition) is 3. The van der Waals surface area contributed by atoms with Crippen LogP contribution in [0.4, 0.5) is 0 Å². The number of carbonyl (C=O) groups is 2. The number of ether oxygens (including phenoxy) is 1. The highest BCUT2D eigenvalue weighted by Gasteiger charge is 2.29. The quantitative estimate of drug-likeness (QED) is 0.413. The molecule has 0 saturated carbocycles. The van der Waals surface area contributed by atoms with Crippen molar-refractivity contribution < 1.29 is 14.3 Å². The van der Waals surface area contributed by atoms with E-state index in [9.17, 15) is 9.59 Å². The highest BCUT2D eigenvalue weighted by atomic mass is 35.5. The lowest BCUT2D eigenvalue weighted by atomic mass is 10.0. The van der Waals surface area contributed by atoms with E-state index in [1.807, 2.05) is 45.0 Å². The molecule has 7 heteroatoms. The molecule has 2 aromatic rings. The standard InChI is InChI=1S/C26H34Cl2N2O3/c1-6-24(26(32)29-14-17(2)3)30(15-20-7-10-21(27)13-23(20)28)25(31)16-33-22-11-8-19(9-12-22)18(4)5/h7-13,17-18,24H,6,14-16H2,1-5H3,(H,29,32)/t24-/m1/s1. The van der Waals surface area contributed by atoms with Gasteiger partial charge in [0.25, 0.3) is 5.91 Å². The van der Waals surface area contributed by atoms with Gasteiger partial charge in [0.1, 0.15) is 11.8 Å². The van der Waals surface area contributed by atoms with Gasteiger partial charge in [0.05, 0.1) is 0 Å². The second-order valence-electron chi connectivity index (χ2n) is 8.83. The minimum absolute atomic E-state index is 0.179. The van der Waals surface area contributed by atoms with Gasteiger partial charge < -0.3 is 15.0 Å². The Balaban J connectivity index is 2.21. The third-order valence-electron chi connectivity index (χ3n) is 5.34. The van der Waals surface area contributed by atoms with Crippen LogP contribution in [0.5, 0.6) is 5.75 Å². The third kappa shape index (κ3) is 8.24. The van der Waals surface area contributed by atoms with Crippen LogP contribution in [0.1, 0.15) is 58.1 Å². The van der Waals surface area contributed by atoms with Crippen LogP contribution < -0.4 is 10.1 Å². The Labute approximate surface area is 207 Å². The highest BCUT2D eigenvalue weighted by Crippen LogP contribution is 2.24. The predicted octanol–water partition coefficient (Wildman–Crippen LogP) is 6.08. The molecule has 1 N–H and O–H groups in total. The topological polar surface area (TPSA) is 58.6 Å². The van der Waals surface area contributed by atoms with Gasteiger partial charge >= 0.3 is 0 Å². The van der Waals surface area contributed by atoms with Crippen LogP contribution in [-0.4, -0.2) is 35.9 Å². The number of halogens is 2. The van der Waals surface area contributed by atoms with E-state index in [4.69, 9.17) is 27.9 Å². The lowest BCUT2D eigenvalue weighted by Gasteiger charge is -2.31. The molecule has 33 heavy (non-hydrogen) atoms. The van der Waals surface area contributed by atoms with Crippen molar-refractivity contribution in [3.8, 4) is 5.75 Å². The maximum absolute atomic E-state index is 13.3. The minimum Gasteiger partial charge on any atom is -0.484 e. The molecule has 2 amide bonds. The Kier molecular flexibility index (Phi) is 10.5. The van der Waals surface area contributed by atoms with Gasteiger partial charge in [-0.1, -0.05) is 76.0 Å². The Hall–Kier alpha value is -2.24. The van der Waals surface area contributed by atoms with Gasteiger partial charge in [-0.25, -0.2) is 0 Å².